The number of aliphatic carboxylic acids is 1. The number of ether oxygens (including phenoxy) is 1. The minimum absolute atomic E-state index is 0.178. The quantitative estimate of drug-likeness (QED) is 0.738. The van der Waals surface area contributed by atoms with Crippen molar-refractivity contribution >= 4 is 5.97 Å². The van der Waals surface area contributed by atoms with Gasteiger partial charge in [-0.3, -0.25) is 0 Å². The van der Waals surface area contributed by atoms with Crippen molar-refractivity contribution in [1.29, 1.82) is 0 Å². The molecule has 14 heavy (non-hydrogen) atoms. The number of carboxylic acids is 1. The second kappa shape index (κ2) is 3.10. The molecular formula is C11H12O3. The van der Waals surface area contributed by atoms with Gasteiger partial charge in [0.25, 0.3) is 0 Å². The maximum absolute atomic E-state index is 10.8. The number of rotatable bonds is 3. The third-order valence-electron chi connectivity index (χ3n) is 2.63. The van der Waals surface area contributed by atoms with E-state index in [2.05, 4.69) is 0 Å². The minimum Gasteiger partial charge on any atom is -0.479 e. The Morgan fingerprint density at radius 3 is 2.64 bits per heavy atom. The smallest absolute Gasteiger partial charge is 0.338 e. The predicted octanol–water partition coefficient (Wildman–Crippen LogP) is 1.47. The van der Waals surface area contributed by atoms with Crippen molar-refractivity contribution in [3.05, 3.63) is 35.9 Å². The standard InChI is InChI=1S/C11H12O3/c1-11(10(12)13)9(14-11)7-8-5-3-2-4-6-8/h2-6,9H,7H2,1H3,(H,12,13). The van der Waals surface area contributed by atoms with Crippen molar-refractivity contribution in [2.45, 2.75) is 25.0 Å². The zero-order valence-electron chi connectivity index (χ0n) is 7.93. The molecule has 74 valence electrons. The first-order chi connectivity index (χ1) is 6.63. The van der Waals surface area contributed by atoms with E-state index in [-0.39, 0.29) is 6.10 Å². The zero-order valence-corrected chi connectivity index (χ0v) is 7.93. The highest BCUT2D eigenvalue weighted by Crippen LogP contribution is 2.38. The maximum atomic E-state index is 10.8. The van der Waals surface area contributed by atoms with Crippen LogP contribution in [-0.4, -0.2) is 22.8 Å². The van der Waals surface area contributed by atoms with Crippen molar-refractivity contribution in [3.63, 3.8) is 0 Å². The van der Waals surface area contributed by atoms with Crippen LogP contribution in [0.1, 0.15) is 12.5 Å². The van der Waals surface area contributed by atoms with E-state index >= 15 is 0 Å². The highest BCUT2D eigenvalue weighted by atomic mass is 16.6. The molecule has 2 atom stereocenters. The summed E-state index contributed by atoms with van der Waals surface area (Å²) >= 11 is 0. The van der Waals surface area contributed by atoms with Crippen LogP contribution in [0.3, 0.4) is 0 Å². The van der Waals surface area contributed by atoms with Gasteiger partial charge < -0.3 is 9.84 Å². The van der Waals surface area contributed by atoms with Crippen molar-refractivity contribution in [2.24, 2.45) is 0 Å². The molecule has 0 saturated carbocycles. The molecular weight excluding hydrogens is 180 g/mol. The lowest BCUT2D eigenvalue weighted by Gasteiger charge is -1.99. The van der Waals surface area contributed by atoms with Gasteiger partial charge in [0.15, 0.2) is 5.60 Å². The molecule has 1 aromatic rings. The van der Waals surface area contributed by atoms with Crippen LogP contribution in [-0.2, 0) is 16.0 Å². The van der Waals surface area contributed by atoms with Crippen LogP contribution < -0.4 is 0 Å². The first-order valence-electron chi connectivity index (χ1n) is 4.58. The lowest BCUT2D eigenvalue weighted by Crippen LogP contribution is -2.23. The second-order valence-corrected chi connectivity index (χ2v) is 3.71. The predicted molar refractivity (Wildman–Crippen MR) is 51.1 cm³/mol. The van der Waals surface area contributed by atoms with Gasteiger partial charge in [-0.1, -0.05) is 30.3 Å². The van der Waals surface area contributed by atoms with Gasteiger partial charge >= 0.3 is 5.97 Å². The molecule has 2 unspecified atom stereocenters. The highest BCUT2D eigenvalue weighted by molar-refractivity contribution is 5.80. The average molecular weight is 192 g/mol. The van der Waals surface area contributed by atoms with E-state index in [9.17, 15) is 4.79 Å². The van der Waals surface area contributed by atoms with Crippen molar-refractivity contribution in [1.82, 2.24) is 0 Å². The van der Waals surface area contributed by atoms with Gasteiger partial charge in [0.05, 0.1) is 0 Å². The fourth-order valence-electron chi connectivity index (χ4n) is 1.51. The van der Waals surface area contributed by atoms with E-state index < -0.39 is 11.6 Å². The van der Waals surface area contributed by atoms with Gasteiger partial charge in [0.1, 0.15) is 6.10 Å². The Balaban J connectivity index is 2.00. The molecule has 0 amide bonds. The molecule has 3 heteroatoms. The largest absolute Gasteiger partial charge is 0.479 e. The Hall–Kier alpha value is -1.35. The van der Waals surface area contributed by atoms with Crippen LogP contribution in [0.5, 0.6) is 0 Å². The van der Waals surface area contributed by atoms with Gasteiger partial charge in [0.2, 0.25) is 0 Å². The molecule has 2 rings (SSSR count). The summed E-state index contributed by atoms with van der Waals surface area (Å²) in [6.45, 7) is 1.61. The van der Waals surface area contributed by atoms with Crippen LogP contribution >= 0.6 is 0 Å². The Morgan fingerprint density at radius 1 is 1.50 bits per heavy atom. The third-order valence-corrected chi connectivity index (χ3v) is 2.63. The normalized spacial score (nSPS) is 29.9. The average Bonchev–Trinajstić information content (AvgIpc) is 2.80. The monoisotopic (exact) mass is 192 g/mol. The number of benzene rings is 1. The van der Waals surface area contributed by atoms with Crippen molar-refractivity contribution < 1.29 is 14.6 Å². The summed E-state index contributed by atoms with van der Waals surface area (Å²) < 4.78 is 5.17. The summed E-state index contributed by atoms with van der Waals surface area (Å²) in [5.41, 5.74) is 0.151. The fraction of sp³-hybridized carbons (Fsp3) is 0.364. The van der Waals surface area contributed by atoms with Crippen LogP contribution in [0, 0.1) is 0 Å². The molecule has 1 aliphatic rings. The summed E-state index contributed by atoms with van der Waals surface area (Å²) in [5.74, 6) is -0.876. The highest BCUT2D eigenvalue weighted by Gasteiger charge is 2.58. The molecule has 3 nitrogen and oxygen atoms in total. The van der Waals surface area contributed by atoms with Crippen LogP contribution in [0.15, 0.2) is 30.3 Å². The molecule has 1 fully saturated rings. The maximum Gasteiger partial charge on any atom is 0.338 e. The number of hydrogen-bond donors (Lipinski definition) is 1. The zero-order chi connectivity index (χ0) is 10.2. The lowest BCUT2D eigenvalue weighted by atomic mass is 10.0. The number of carboxylic acid groups (broad SMARTS) is 1. The van der Waals surface area contributed by atoms with E-state index in [1.165, 1.54) is 0 Å². The number of epoxide rings is 1. The summed E-state index contributed by atoms with van der Waals surface area (Å²) in [6.07, 6.45) is 0.492. The molecule has 0 radical (unpaired) electrons. The molecule has 1 aromatic carbocycles. The molecule has 1 aliphatic heterocycles. The number of hydrogen-bond acceptors (Lipinski definition) is 2. The lowest BCUT2D eigenvalue weighted by molar-refractivity contribution is -0.142. The van der Waals surface area contributed by atoms with Gasteiger partial charge in [0, 0.05) is 6.42 Å². The fourth-order valence-corrected chi connectivity index (χ4v) is 1.51. The molecule has 0 aromatic heterocycles. The van der Waals surface area contributed by atoms with Crippen LogP contribution in [0.4, 0.5) is 0 Å². The van der Waals surface area contributed by atoms with Gasteiger partial charge in [-0.15, -0.1) is 0 Å². The minimum atomic E-state index is -0.962. The molecule has 0 aliphatic carbocycles. The van der Waals surface area contributed by atoms with Crippen molar-refractivity contribution in [2.75, 3.05) is 0 Å². The van der Waals surface area contributed by atoms with Crippen LogP contribution in [0.2, 0.25) is 0 Å². The Labute approximate surface area is 82.3 Å². The summed E-state index contributed by atoms with van der Waals surface area (Å²) in [4.78, 5) is 10.8. The van der Waals surface area contributed by atoms with E-state index in [1.807, 2.05) is 30.3 Å². The second-order valence-electron chi connectivity index (χ2n) is 3.71. The van der Waals surface area contributed by atoms with E-state index in [0.717, 1.165) is 5.56 Å². The van der Waals surface area contributed by atoms with Gasteiger partial charge in [-0.2, -0.15) is 0 Å². The van der Waals surface area contributed by atoms with Crippen LogP contribution in [0.25, 0.3) is 0 Å². The first kappa shape index (κ1) is 9.21. The van der Waals surface area contributed by atoms with Crippen molar-refractivity contribution in [3.8, 4) is 0 Å². The SMILES string of the molecule is CC1(C(=O)O)OC1Cc1ccccc1. The van der Waals surface area contributed by atoms with E-state index in [4.69, 9.17) is 9.84 Å². The molecule has 1 heterocycles. The Kier molecular flexibility index (Phi) is 2.04. The summed E-state index contributed by atoms with van der Waals surface area (Å²) in [7, 11) is 0. The molecule has 1 saturated heterocycles. The van der Waals surface area contributed by atoms with Gasteiger partial charge in [-0.25, -0.2) is 4.79 Å². The molecule has 0 bridgehead atoms. The summed E-state index contributed by atoms with van der Waals surface area (Å²) in [6, 6.07) is 9.77. The molecule has 0 spiro atoms. The van der Waals surface area contributed by atoms with E-state index in [0.29, 0.717) is 6.42 Å². The Bertz CT molecular complexity index is 347. The topological polar surface area (TPSA) is 49.8 Å². The number of carbonyl (C=O) groups is 1. The Morgan fingerprint density at radius 2 is 2.14 bits per heavy atom. The van der Waals surface area contributed by atoms with E-state index in [1.54, 1.807) is 6.92 Å². The van der Waals surface area contributed by atoms with Gasteiger partial charge in [-0.05, 0) is 12.5 Å². The summed E-state index contributed by atoms with van der Waals surface area (Å²) in [5, 5.41) is 8.84. The third kappa shape index (κ3) is 1.51. The molecule has 1 N–H and O–H groups in total. The first-order valence-corrected chi connectivity index (χ1v) is 4.58.